The number of hydrogen-bond acceptors (Lipinski definition) is 3. The van der Waals surface area contributed by atoms with Gasteiger partial charge in [-0.1, -0.05) is 61.5 Å². The fourth-order valence-electron chi connectivity index (χ4n) is 3.26. The van der Waals surface area contributed by atoms with Crippen molar-refractivity contribution >= 4 is 17.7 Å². The molecule has 1 heterocycles. The Balaban J connectivity index is 1.37. The smallest absolute Gasteiger partial charge is 0.238 e. The highest BCUT2D eigenvalue weighted by atomic mass is 16.2. The summed E-state index contributed by atoms with van der Waals surface area (Å²) in [6, 6.07) is 18.5. The number of aryl methyl sites for hydroxylation is 1. The van der Waals surface area contributed by atoms with Crippen molar-refractivity contribution in [2.24, 2.45) is 0 Å². The van der Waals surface area contributed by atoms with Crippen LogP contribution in [0.3, 0.4) is 0 Å². The van der Waals surface area contributed by atoms with Crippen molar-refractivity contribution in [3.05, 3.63) is 71.8 Å². The van der Waals surface area contributed by atoms with Crippen LogP contribution in [0.2, 0.25) is 0 Å². The van der Waals surface area contributed by atoms with E-state index in [1.54, 1.807) is 0 Å². The zero-order valence-corrected chi connectivity index (χ0v) is 16.1. The van der Waals surface area contributed by atoms with Gasteiger partial charge in [0.2, 0.25) is 5.91 Å². The minimum absolute atomic E-state index is 0.0664. The van der Waals surface area contributed by atoms with E-state index in [2.05, 4.69) is 70.6 Å². The second-order valence-corrected chi connectivity index (χ2v) is 6.99. The Labute approximate surface area is 162 Å². The average Bonchev–Trinajstić information content (AvgIpc) is 2.71. The van der Waals surface area contributed by atoms with Gasteiger partial charge in [-0.2, -0.15) is 0 Å². The zero-order valence-electron chi connectivity index (χ0n) is 16.1. The molecule has 0 saturated carbocycles. The number of carbonyl (C=O) groups excluding carboxylic acids is 1. The van der Waals surface area contributed by atoms with Crippen molar-refractivity contribution in [2.75, 3.05) is 44.6 Å². The van der Waals surface area contributed by atoms with E-state index in [0.29, 0.717) is 6.54 Å². The van der Waals surface area contributed by atoms with Gasteiger partial charge in [-0.15, -0.1) is 0 Å². The van der Waals surface area contributed by atoms with Crippen LogP contribution >= 0.6 is 0 Å². The SMILES string of the molecule is CCc1ccc(NC(=O)CN2CCN(C/C=C/c3ccccc3)CC2)cc1. The summed E-state index contributed by atoms with van der Waals surface area (Å²) in [5.74, 6) is 0.0664. The second-order valence-electron chi connectivity index (χ2n) is 6.99. The molecule has 2 aromatic rings. The molecule has 3 rings (SSSR count). The molecular weight excluding hydrogens is 334 g/mol. The van der Waals surface area contributed by atoms with E-state index < -0.39 is 0 Å². The molecule has 0 bridgehead atoms. The van der Waals surface area contributed by atoms with E-state index >= 15 is 0 Å². The van der Waals surface area contributed by atoms with Crippen molar-refractivity contribution in [3.63, 3.8) is 0 Å². The maximum Gasteiger partial charge on any atom is 0.238 e. The Kier molecular flexibility index (Phi) is 7.19. The highest BCUT2D eigenvalue weighted by Crippen LogP contribution is 2.10. The Morgan fingerprint density at radius 2 is 1.63 bits per heavy atom. The lowest BCUT2D eigenvalue weighted by Gasteiger charge is -2.33. The van der Waals surface area contributed by atoms with Gasteiger partial charge in [-0.25, -0.2) is 0 Å². The summed E-state index contributed by atoms with van der Waals surface area (Å²) in [4.78, 5) is 16.9. The summed E-state index contributed by atoms with van der Waals surface area (Å²) in [7, 11) is 0. The van der Waals surface area contributed by atoms with E-state index in [1.807, 2.05) is 18.2 Å². The van der Waals surface area contributed by atoms with Crippen LogP contribution in [0.25, 0.3) is 6.08 Å². The highest BCUT2D eigenvalue weighted by molar-refractivity contribution is 5.92. The molecule has 0 unspecified atom stereocenters. The first-order valence-corrected chi connectivity index (χ1v) is 9.78. The number of hydrogen-bond donors (Lipinski definition) is 1. The maximum absolute atomic E-state index is 12.3. The minimum Gasteiger partial charge on any atom is -0.325 e. The molecule has 1 N–H and O–H groups in total. The van der Waals surface area contributed by atoms with Gasteiger partial charge in [0.1, 0.15) is 0 Å². The second kappa shape index (κ2) is 10.0. The predicted octanol–water partition coefficient (Wildman–Crippen LogP) is 3.52. The van der Waals surface area contributed by atoms with Crippen molar-refractivity contribution < 1.29 is 4.79 Å². The lowest BCUT2D eigenvalue weighted by molar-refractivity contribution is -0.117. The van der Waals surface area contributed by atoms with Gasteiger partial charge >= 0.3 is 0 Å². The standard InChI is InChI=1S/C23H29N3O/c1-2-20-10-12-22(13-11-20)24-23(27)19-26-17-15-25(16-18-26)14-6-9-21-7-4-3-5-8-21/h3-13H,2,14-19H2,1H3,(H,24,27)/b9-6+. The average molecular weight is 364 g/mol. The van der Waals surface area contributed by atoms with E-state index in [1.165, 1.54) is 11.1 Å². The van der Waals surface area contributed by atoms with E-state index in [0.717, 1.165) is 44.8 Å². The van der Waals surface area contributed by atoms with Crippen LogP contribution < -0.4 is 5.32 Å². The number of benzene rings is 2. The number of nitrogens with zero attached hydrogens (tertiary/aromatic N) is 2. The first kappa shape index (κ1) is 19.3. The zero-order chi connectivity index (χ0) is 18.9. The molecule has 1 saturated heterocycles. The first-order chi connectivity index (χ1) is 13.2. The van der Waals surface area contributed by atoms with Crippen LogP contribution in [0.4, 0.5) is 5.69 Å². The highest BCUT2D eigenvalue weighted by Gasteiger charge is 2.18. The largest absolute Gasteiger partial charge is 0.325 e. The minimum atomic E-state index is 0.0664. The normalized spacial score (nSPS) is 15.9. The van der Waals surface area contributed by atoms with E-state index in [4.69, 9.17) is 0 Å². The monoisotopic (exact) mass is 363 g/mol. The number of rotatable bonds is 7. The van der Waals surface area contributed by atoms with Crippen LogP contribution in [0.1, 0.15) is 18.1 Å². The van der Waals surface area contributed by atoms with Crippen LogP contribution in [0, 0.1) is 0 Å². The third-order valence-electron chi connectivity index (χ3n) is 4.95. The fourth-order valence-corrected chi connectivity index (χ4v) is 3.26. The van der Waals surface area contributed by atoms with E-state index in [-0.39, 0.29) is 5.91 Å². The van der Waals surface area contributed by atoms with Gasteiger partial charge in [0.15, 0.2) is 0 Å². The van der Waals surface area contributed by atoms with Crippen LogP contribution in [-0.2, 0) is 11.2 Å². The quantitative estimate of drug-likeness (QED) is 0.818. The fraction of sp³-hybridized carbons (Fsp3) is 0.348. The summed E-state index contributed by atoms with van der Waals surface area (Å²) in [5, 5.41) is 3.00. The number of amides is 1. The molecule has 1 aliphatic heterocycles. The molecule has 27 heavy (non-hydrogen) atoms. The third kappa shape index (κ3) is 6.35. The summed E-state index contributed by atoms with van der Waals surface area (Å²) in [5.41, 5.74) is 3.40. The van der Waals surface area contributed by atoms with Gasteiger partial charge in [0.25, 0.3) is 0 Å². The molecule has 1 amide bonds. The topological polar surface area (TPSA) is 35.6 Å². The van der Waals surface area contributed by atoms with Gasteiger partial charge in [0, 0.05) is 38.4 Å². The number of piperazine rings is 1. The first-order valence-electron chi connectivity index (χ1n) is 9.78. The van der Waals surface area contributed by atoms with E-state index in [9.17, 15) is 4.79 Å². The summed E-state index contributed by atoms with van der Waals surface area (Å²) < 4.78 is 0. The molecule has 4 heteroatoms. The molecule has 4 nitrogen and oxygen atoms in total. The van der Waals surface area contributed by atoms with Crippen molar-refractivity contribution in [3.8, 4) is 0 Å². The molecule has 0 spiro atoms. The van der Waals surface area contributed by atoms with Gasteiger partial charge < -0.3 is 5.32 Å². The van der Waals surface area contributed by atoms with Crippen LogP contribution in [0.5, 0.6) is 0 Å². The molecular formula is C23H29N3O. The molecule has 142 valence electrons. The number of nitrogens with one attached hydrogen (secondary N) is 1. The van der Waals surface area contributed by atoms with Gasteiger partial charge in [0.05, 0.1) is 6.54 Å². The Hall–Kier alpha value is -2.43. The Morgan fingerprint density at radius 1 is 0.963 bits per heavy atom. The molecule has 0 aromatic heterocycles. The predicted molar refractivity (Wildman–Crippen MR) is 113 cm³/mol. The summed E-state index contributed by atoms with van der Waals surface area (Å²) >= 11 is 0. The summed E-state index contributed by atoms with van der Waals surface area (Å²) in [6.07, 6.45) is 5.40. The summed E-state index contributed by atoms with van der Waals surface area (Å²) in [6.45, 7) is 7.41. The van der Waals surface area contributed by atoms with Crippen LogP contribution in [0.15, 0.2) is 60.7 Å². The third-order valence-corrected chi connectivity index (χ3v) is 4.95. The van der Waals surface area contributed by atoms with Crippen molar-refractivity contribution in [1.82, 2.24) is 9.80 Å². The van der Waals surface area contributed by atoms with Gasteiger partial charge in [-0.3, -0.25) is 14.6 Å². The molecule has 0 atom stereocenters. The Morgan fingerprint density at radius 3 is 2.30 bits per heavy atom. The lowest BCUT2D eigenvalue weighted by Crippen LogP contribution is -2.48. The van der Waals surface area contributed by atoms with Gasteiger partial charge in [-0.05, 0) is 29.7 Å². The maximum atomic E-state index is 12.3. The van der Waals surface area contributed by atoms with Crippen molar-refractivity contribution in [2.45, 2.75) is 13.3 Å². The molecule has 1 aliphatic rings. The molecule has 0 aliphatic carbocycles. The number of carbonyl (C=O) groups is 1. The molecule has 1 fully saturated rings. The van der Waals surface area contributed by atoms with Crippen LogP contribution in [-0.4, -0.2) is 55.0 Å². The van der Waals surface area contributed by atoms with Crippen molar-refractivity contribution in [1.29, 1.82) is 0 Å². The lowest BCUT2D eigenvalue weighted by atomic mass is 10.1. The molecule has 2 aromatic carbocycles. The Bertz CT molecular complexity index is 732. The number of anilines is 1. The molecule has 0 radical (unpaired) electrons.